The van der Waals surface area contributed by atoms with Crippen molar-refractivity contribution in [2.75, 3.05) is 11.1 Å². The van der Waals surface area contributed by atoms with Gasteiger partial charge in [0.15, 0.2) is 12.4 Å². The fourth-order valence-corrected chi connectivity index (χ4v) is 3.31. The summed E-state index contributed by atoms with van der Waals surface area (Å²) in [5, 5.41) is 2.71. The molecule has 8 heteroatoms. The van der Waals surface area contributed by atoms with Crippen molar-refractivity contribution in [3.05, 3.63) is 65.5 Å². The van der Waals surface area contributed by atoms with Crippen LogP contribution in [0.2, 0.25) is 0 Å². The molecule has 1 atom stereocenters. The summed E-state index contributed by atoms with van der Waals surface area (Å²) >= 11 is 1.44. The third-order valence-corrected chi connectivity index (χ3v) is 5.11. The van der Waals surface area contributed by atoms with E-state index in [1.807, 2.05) is 62.4 Å². The molecule has 150 valence electrons. The van der Waals surface area contributed by atoms with E-state index >= 15 is 0 Å². The molecule has 29 heavy (non-hydrogen) atoms. The van der Waals surface area contributed by atoms with Crippen LogP contribution >= 0.6 is 11.8 Å². The molecule has 3 rings (SSSR count). The first-order valence-electron chi connectivity index (χ1n) is 9.13. The minimum Gasteiger partial charge on any atom is -0.457 e. The van der Waals surface area contributed by atoms with Crippen molar-refractivity contribution in [3.63, 3.8) is 0 Å². The number of thioether (sulfide) groups is 1. The number of anilines is 3. The maximum Gasteiger partial charge on any atom is 0.319 e. The SMILES string of the molecule is Cc1ccc(Nc2nc(N)nc(COC(=O)[C@@H](C)Sc3ccc(C)cc3)n2)cc1. The Morgan fingerprint density at radius 3 is 2.31 bits per heavy atom. The second kappa shape index (κ2) is 9.38. The zero-order valence-electron chi connectivity index (χ0n) is 16.5. The van der Waals surface area contributed by atoms with Gasteiger partial charge < -0.3 is 15.8 Å². The van der Waals surface area contributed by atoms with Gasteiger partial charge >= 0.3 is 5.97 Å². The number of aromatic nitrogens is 3. The quantitative estimate of drug-likeness (QED) is 0.445. The van der Waals surface area contributed by atoms with Gasteiger partial charge in [0.2, 0.25) is 11.9 Å². The predicted octanol–water partition coefficient (Wildman–Crippen LogP) is 4.04. The van der Waals surface area contributed by atoms with Gasteiger partial charge in [-0.2, -0.15) is 15.0 Å². The number of nitrogens with one attached hydrogen (secondary N) is 1. The molecular formula is C21H23N5O2S. The molecule has 2 aromatic carbocycles. The lowest BCUT2D eigenvalue weighted by atomic mass is 10.2. The molecule has 0 saturated carbocycles. The van der Waals surface area contributed by atoms with E-state index in [1.54, 1.807) is 6.92 Å². The Morgan fingerprint density at radius 2 is 1.66 bits per heavy atom. The minimum atomic E-state index is -0.359. The van der Waals surface area contributed by atoms with Crippen molar-refractivity contribution in [3.8, 4) is 0 Å². The molecule has 3 aromatic rings. The maximum absolute atomic E-state index is 12.3. The summed E-state index contributed by atoms with van der Waals surface area (Å²) in [6, 6.07) is 15.8. The molecule has 0 fully saturated rings. The second-order valence-corrected chi connectivity index (χ2v) is 8.02. The zero-order chi connectivity index (χ0) is 20.8. The molecule has 0 bridgehead atoms. The van der Waals surface area contributed by atoms with Crippen LogP contribution in [0.15, 0.2) is 53.4 Å². The summed E-state index contributed by atoms with van der Waals surface area (Å²) in [4.78, 5) is 25.7. The Labute approximate surface area is 174 Å². The number of carbonyl (C=O) groups excluding carboxylic acids is 1. The predicted molar refractivity (Wildman–Crippen MR) is 115 cm³/mol. The molecule has 0 unspecified atom stereocenters. The Hall–Kier alpha value is -3.13. The van der Waals surface area contributed by atoms with Crippen LogP contribution in [-0.2, 0) is 16.1 Å². The molecule has 1 aromatic heterocycles. The number of esters is 1. The molecule has 1 heterocycles. The van der Waals surface area contributed by atoms with Crippen LogP contribution in [0.25, 0.3) is 0 Å². The summed E-state index contributed by atoms with van der Waals surface area (Å²) in [7, 11) is 0. The molecule has 7 nitrogen and oxygen atoms in total. The van der Waals surface area contributed by atoms with Gasteiger partial charge in [-0.1, -0.05) is 35.4 Å². The lowest BCUT2D eigenvalue weighted by Gasteiger charge is -2.12. The zero-order valence-corrected chi connectivity index (χ0v) is 17.4. The highest BCUT2D eigenvalue weighted by Crippen LogP contribution is 2.24. The van der Waals surface area contributed by atoms with Crippen molar-refractivity contribution in [1.82, 2.24) is 15.0 Å². The fourth-order valence-electron chi connectivity index (χ4n) is 2.45. The van der Waals surface area contributed by atoms with E-state index in [-0.39, 0.29) is 29.6 Å². The summed E-state index contributed by atoms with van der Waals surface area (Å²) in [6.45, 7) is 5.76. The van der Waals surface area contributed by atoms with Crippen LogP contribution in [-0.4, -0.2) is 26.2 Å². The normalized spacial score (nSPS) is 11.7. The van der Waals surface area contributed by atoms with Crippen molar-refractivity contribution < 1.29 is 9.53 Å². The highest BCUT2D eigenvalue weighted by molar-refractivity contribution is 8.00. The van der Waals surface area contributed by atoms with E-state index in [9.17, 15) is 4.79 Å². The van der Waals surface area contributed by atoms with E-state index in [2.05, 4.69) is 20.3 Å². The number of rotatable bonds is 7. The monoisotopic (exact) mass is 409 g/mol. The fraction of sp³-hybridized carbons (Fsp3) is 0.238. The Morgan fingerprint density at radius 1 is 1.03 bits per heavy atom. The topological polar surface area (TPSA) is 103 Å². The largest absolute Gasteiger partial charge is 0.457 e. The second-order valence-electron chi connectivity index (χ2n) is 6.61. The first-order chi connectivity index (χ1) is 13.9. The number of nitrogens with zero attached hydrogens (tertiary/aromatic N) is 3. The smallest absolute Gasteiger partial charge is 0.319 e. The van der Waals surface area contributed by atoms with Gasteiger partial charge in [0, 0.05) is 10.6 Å². The van der Waals surface area contributed by atoms with E-state index in [0.29, 0.717) is 5.95 Å². The molecule has 0 amide bonds. The average molecular weight is 410 g/mol. The van der Waals surface area contributed by atoms with Crippen molar-refractivity contribution in [2.24, 2.45) is 0 Å². The van der Waals surface area contributed by atoms with Gasteiger partial charge in [0.05, 0.1) is 0 Å². The van der Waals surface area contributed by atoms with E-state index in [1.165, 1.54) is 17.3 Å². The summed E-state index contributed by atoms with van der Waals surface area (Å²) in [5.74, 6) is 0.299. The van der Waals surface area contributed by atoms with Crippen LogP contribution < -0.4 is 11.1 Å². The van der Waals surface area contributed by atoms with E-state index < -0.39 is 0 Å². The molecule has 0 radical (unpaired) electrons. The standard InChI is InChI=1S/C21H23N5O2S/c1-13-4-8-16(9-5-13)23-21-25-18(24-20(22)26-21)12-28-19(27)15(3)29-17-10-6-14(2)7-11-17/h4-11,15H,12H2,1-3H3,(H3,22,23,24,25,26)/t15-/m1/s1. The highest BCUT2D eigenvalue weighted by Gasteiger charge is 2.17. The van der Waals surface area contributed by atoms with Gasteiger partial charge in [0.1, 0.15) is 5.25 Å². The van der Waals surface area contributed by atoms with Crippen LogP contribution in [0, 0.1) is 13.8 Å². The number of hydrogen-bond donors (Lipinski definition) is 2. The van der Waals surface area contributed by atoms with Gasteiger partial charge in [-0.25, -0.2) is 0 Å². The number of ether oxygens (including phenoxy) is 1. The number of aryl methyl sites for hydroxylation is 2. The lowest BCUT2D eigenvalue weighted by molar-refractivity contribution is -0.144. The summed E-state index contributed by atoms with van der Waals surface area (Å²) in [6.07, 6.45) is 0. The van der Waals surface area contributed by atoms with Crippen LogP contribution in [0.1, 0.15) is 23.9 Å². The minimum absolute atomic E-state index is 0.0581. The van der Waals surface area contributed by atoms with Crippen LogP contribution in [0.4, 0.5) is 17.6 Å². The molecular weight excluding hydrogens is 386 g/mol. The molecule has 0 saturated heterocycles. The molecule has 0 spiro atoms. The number of benzene rings is 2. The third-order valence-electron chi connectivity index (χ3n) is 4.02. The molecule has 0 aliphatic rings. The highest BCUT2D eigenvalue weighted by atomic mass is 32.2. The number of nitrogens with two attached hydrogens (primary N) is 1. The van der Waals surface area contributed by atoms with Gasteiger partial charge in [0.25, 0.3) is 0 Å². The van der Waals surface area contributed by atoms with Gasteiger partial charge in [-0.15, -0.1) is 11.8 Å². The van der Waals surface area contributed by atoms with Crippen LogP contribution in [0.5, 0.6) is 0 Å². The molecule has 3 N–H and O–H groups in total. The van der Waals surface area contributed by atoms with Crippen LogP contribution in [0.3, 0.4) is 0 Å². The van der Waals surface area contributed by atoms with Crippen molar-refractivity contribution in [1.29, 1.82) is 0 Å². The number of nitrogen functional groups attached to an aromatic ring is 1. The first-order valence-corrected chi connectivity index (χ1v) is 10.0. The van der Waals surface area contributed by atoms with Crippen molar-refractivity contribution >= 4 is 35.3 Å². The third kappa shape index (κ3) is 6.18. The summed E-state index contributed by atoms with van der Waals surface area (Å²) in [5.41, 5.74) is 8.92. The Bertz CT molecular complexity index is 977. The van der Waals surface area contributed by atoms with Crippen molar-refractivity contribution in [2.45, 2.75) is 37.5 Å². The van der Waals surface area contributed by atoms with Gasteiger partial charge in [-0.05, 0) is 45.0 Å². The van der Waals surface area contributed by atoms with E-state index in [4.69, 9.17) is 10.5 Å². The van der Waals surface area contributed by atoms with E-state index in [0.717, 1.165) is 16.1 Å². The summed E-state index contributed by atoms with van der Waals surface area (Å²) < 4.78 is 5.37. The molecule has 0 aliphatic carbocycles. The van der Waals surface area contributed by atoms with Gasteiger partial charge in [-0.3, -0.25) is 4.79 Å². The first kappa shape index (κ1) is 20.6. The number of hydrogen-bond acceptors (Lipinski definition) is 8. The Balaban J connectivity index is 1.59. The lowest BCUT2D eigenvalue weighted by Crippen LogP contribution is -2.18. The average Bonchev–Trinajstić information content (AvgIpc) is 2.69. The maximum atomic E-state index is 12.3. The Kier molecular flexibility index (Phi) is 6.66. The molecule has 0 aliphatic heterocycles. The number of carbonyl (C=O) groups is 1.